The molecule has 1 saturated heterocycles. The van der Waals surface area contributed by atoms with Crippen LogP contribution in [0, 0.1) is 16.7 Å². The van der Waals surface area contributed by atoms with Crippen LogP contribution in [-0.4, -0.2) is 42.8 Å². The summed E-state index contributed by atoms with van der Waals surface area (Å²) in [5.41, 5.74) is 3.61. The Kier molecular flexibility index (Phi) is 5.09. The van der Waals surface area contributed by atoms with E-state index in [9.17, 15) is 0 Å². The third-order valence-electron chi connectivity index (χ3n) is 2.80. The van der Waals surface area contributed by atoms with Crippen molar-refractivity contribution in [1.29, 1.82) is 10.7 Å². The van der Waals surface area contributed by atoms with E-state index < -0.39 is 0 Å². The Hall–Kier alpha value is -1.91. The van der Waals surface area contributed by atoms with Crippen molar-refractivity contribution in [1.82, 2.24) is 4.90 Å². The summed E-state index contributed by atoms with van der Waals surface area (Å²) >= 11 is 3.35. The molecule has 0 unspecified atom stereocenters. The minimum absolute atomic E-state index is 0.0646. The van der Waals surface area contributed by atoms with Crippen LogP contribution >= 0.6 is 15.9 Å². The van der Waals surface area contributed by atoms with Crippen LogP contribution in [0.5, 0.6) is 0 Å². The lowest BCUT2D eigenvalue weighted by Gasteiger charge is -2.28. The standard InChI is InChI=1S/C13H14BrN5O/c14-10-1-3-11(4-2-10)17-18-12(9-15)13(16)19-5-7-20-8-6-19/h1-4,16-17H,5-8H2/b16-13?,18-12-. The molecule has 7 heteroatoms. The van der Waals surface area contributed by atoms with Crippen LogP contribution in [0.15, 0.2) is 33.8 Å². The number of benzene rings is 1. The van der Waals surface area contributed by atoms with Gasteiger partial charge in [-0.15, -0.1) is 0 Å². The smallest absolute Gasteiger partial charge is 0.202 e. The van der Waals surface area contributed by atoms with E-state index in [2.05, 4.69) is 26.5 Å². The summed E-state index contributed by atoms with van der Waals surface area (Å²) in [5, 5.41) is 21.1. The SMILES string of the molecule is N#C/C(=N/Nc1ccc(Br)cc1)C(=N)N1CCOCC1. The van der Waals surface area contributed by atoms with Crippen LogP contribution in [0.3, 0.4) is 0 Å². The Labute approximate surface area is 125 Å². The van der Waals surface area contributed by atoms with Gasteiger partial charge in [-0.2, -0.15) is 10.4 Å². The average molecular weight is 336 g/mol. The summed E-state index contributed by atoms with van der Waals surface area (Å²) in [4.78, 5) is 1.79. The largest absolute Gasteiger partial charge is 0.378 e. The van der Waals surface area contributed by atoms with Crippen LogP contribution in [-0.2, 0) is 4.74 Å². The summed E-state index contributed by atoms with van der Waals surface area (Å²) in [6.45, 7) is 2.36. The number of hydrogen-bond acceptors (Lipinski definition) is 5. The van der Waals surface area contributed by atoms with Crippen molar-refractivity contribution in [2.24, 2.45) is 5.10 Å². The lowest BCUT2D eigenvalue weighted by atomic mass is 10.3. The van der Waals surface area contributed by atoms with Crippen LogP contribution in [0.25, 0.3) is 0 Å². The van der Waals surface area contributed by atoms with Gasteiger partial charge in [-0.3, -0.25) is 10.8 Å². The molecule has 0 atom stereocenters. The fourth-order valence-electron chi connectivity index (χ4n) is 1.71. The number of nitriles is 1. The number of morpholine rings is 1. The third kappa shape index (κ3) is 3.79. The quantitative estimate of drug-likeness (QED) is 0.503. The first-order valence-corrected chi connectivity index (χ1v) is 6.91. The number of nitrogens with zero attached hydrogens (tertiary/aromatic N) is 3. The van der Waals surface area contributed by atoms with Crippen LogP contribution in [0.1, 0.15) is 0 Å². The second-order valence-corrected chi connectivity index (χ2v) is 5.05. The van der Waals surface area contributed by atoms with E-state index in [1.807, 2.05) is 30.3 Å². The normalized spacial score (nSPS) is 15.6. The molecule has 2 N–H and O–H groups in total. The molecule has 1 aromatic carbocycles. The first kappa shape index (κ1) is 14.5. The number of halogens is 1. The van der Waals surface area contributed by atoms with Gasteiger partial charge in [0.05, 0.1) is 18.9 Å². The molecule has 0 amide bonds. The van der Waals surface area contributed by atoms with Gasteiger partial charge in [0.15, 0.2) is 5.84 Å². The number of hydrogen-bond donors (Lipinski definition) is 2. The van der Waals surface area contributed by atoms with Crippen LogP contribution in [0.2, 0.25) is 0 Å². The van der Waals surface area contributed by atoms with Crippen molar-refractivity contribution in [3.8, 4) is 6.07 Å². The molecule has 0 aliphatic carbocycles. The molecule has 104 valence electrons. The average Bonchev–Trinajstić information content (AvgIpc) is 2.50. The highest BCUT2D eigenvalue weighted by atomic mass is 79.9. The Balaban J connectivity index is 2.03. The second kappa shape index (κ2) is 7.03. The summed E-state index contributed by atoms with van der Waals surface area (Å²) in [5.74, 6) is 0.125. The highest BCUT2D eigenvalue weighted by Crippen LogP contribution is 2.14. The maximum absolute atomic E-state index is 9.12. The summed E-state index contributed by atoms with van der Waals surface area (Å²) in [6.07, 6.45) is 0. The van der Waals surface area contributed by atoms with Crippen LogP contribution in [0.4, 0.5) is 5.69 Å². The van der Waals surface area contributed by atoms with E-state index in [0.717, 1.165) is 10.2 Å². The molecule has 2 rings (SSSR count). The third-order valence-corrected chi connectivity index (χ3v) is 3.33. The monoisotopic (exact) mass is 335 g/mol. The van der Waals surface area contributed by atoms with Gasteiger partial charge >= 0.3 is 0 Å². The molecule has 20 heavy (non-hydrogen) atoms. The van der Waals surface area contributed by atoms with E-state index in [-0.39, 0.29) is 11.5 Å². The Morgan fingerprint density at radius 2 is 2.00 bits per heavy atom. The van der Waals surface area contributed by atoms with Crippen molar-refractivity contribution < 1.29 is 4.74 Å². The Bertz CT molecular complexity index is 543. The van der Waals surface area contributed by atoms with Crippen molar-refractivity contribution in [3.05, 3.63) is 28.7 Å². The van der Waals surface area contributed by atoms with Gasteiger partial charge in [0.2, 0.25) is 5.71 Å². The fraction of sp³-hybridized carbons (Fsp3) is 0.308. The van der Waals surface area contributed by atoms with E-state index in [4.69, 9.17) is 15.4 Å². The number of ether oxygens (including phenoxy) is 1. The highest BCUT2D eigenvalue weighted by Gasteiger charge is 2.18. The predicted molar refractivity (Wildman–Crippen MR) is 80.9 cm³/mol. The fourth-order valence-corrected chi connectivity index (χ4v) is 1.98. The van der Waals surface area contributed by atoms with Gasteiger partial charge in [-0.1, -0.05) is 15.9 Å². The molecule has 1 heterocycles. The maximum Gasteiger partial charge on any atom is 0.202 e. The number of hydrazone groups is 1. The van der Waals surface area contributed by atoms with Crippen molar-refractivity contribution in [3.63, 3.8) is 0 Å². The second-order valence-electron chi connectivity index (χ2n) is 4.14. The van der Waals surface area contributed by atoms with Gasteiger partial charge < -0.3 is 9.64 Å². The molecular weight excluding hydrogens is 322 g/mol. The van der Waals surface area contributed by atoms with Gasteiger partial charge in [0, 0.05) is 17.6 Å². The van der Waals surface area contributed by atoms with Gasteiger partial charge in [0.1, 0.15) is 6.07 Å². The van der Waals surface area contributed by atoms with Crippen molar-refractivity contribution >= 4 is 33.2 Å². The summed E-state index contributed by atoms with van der Waals surface area (Å²) in [7, 11) is 0. The number of anilines is 1. The zero-order chi connectivity index (χ0) is 14.4. The first-order valence-electron chi connectivity index (χ1n) is 6.11. The first-order chi connectivity index (χ1) is 9.70. The number of amidine groups is 1. The van der Waals surface area contributed by atoms with E-state index >= 15 is 0 Å². The molecule has 0 saturated carbocycles. The molecule has 6 nitrogen and oxygen atoms in total. The maximum atomic E-state index is 9.12. The molecule has 1 aliphatic rings. The Morgan fingerprint density at radius 1 is 1.35 bits per heavy atom. The lowest BCUT2D eigenvalue weighted by Crippen LogP contribution is -2.43. The minimum Gasteiger partial charge on any atom is -0.378 e. The zero-order valence-corrected chi connectivity index (χ0v) is 12.4. The van der Waals surface area contributed by atoms with E-state index in [0.29, 0.717) is 26.3 Å². The number of nitrogens with one attached hydrogen (secondary N) is 2. The zero-order valence-electron chi connectivity index (χ0n) is 10.8. The van der Waals surface area contributed by atoms with E-state index in [1.54, 1.807) is 4.90 Å². The molecule has 1 aromatic rings. The number of rotatable bonds is 3. The molecule has 0 spiro atoms. The minimum atomic E-state index is 0.0646. The molecule has 1 aliphatic heterocycles. The molecule has 0 radical (unpaired) electrons. The molecule has 0 bridgehead atoms. The molecule has 0 aromatic heterocycles. The van der Waals surface area contributed by atoms with Gasteiger partial charge in [-0.05, 0) is 24.3 Å². The predicted octanol–water partition coefficient (Wildman–Crippen LogP) is 2.05. The Morgan fingerprint density at radius 3 is 2.60 bits per heavy atom. The van der Waals surface area contributed by atoms with E-state index in [1.165, 1.54) is 0 Å². The topological polar surface area (TPSA) is 84.5 Å². The van der Waals surface area contributed by atoms with Crippen molar-refractivity contribution in [2.45, 2.75) is 0 Å². The summed E-state index contributed by atoms with van der Waals surface area (Å²) < 4.78 is 6.19. The summed E-state index contributed by atoms with van der Waals surface area (Å²) in [6, 6.07) is 9.36. The van der Waals surface area contributed by atoms with Crippen molar-refractivity contribution in [2.75, 3.05) is 31.7 Å². The molecule has 1 fully saturated rings. The van der Waals surface area contributed by atoms with Gasteiger partial charge in [0.25, 0.3) is 0 Å². The molecular formula is C13H14BrN5O. The van der Waals surface area contributed by atoms with Gasteiger partial charge in [-0.25, -0.2) is 0 Å². The van der Waals surface area contributed by atoms with Crippen LogP contribution < -0.4 is 5.43 Å². The lowest BCUT2D eigenvalue weighted by molar-refractivity contribution is 0.0686. The highest BCUT2D eigenvalue weighted by molar-refractivity contribution is 9.10.